The maximum Gasteiger partial charge on any atom is 0.257 e. The van der Waals surface area contributed by atoms with Crippen LogP contribution in [0.2, 0.25) is 0 Å². The summed E-state index contributed by atoms with van der Waals surface area (Å²) in [5, 5.41) is 13.4. The Morgan fingerprint density at radius 1 is 1.29 bits per heavy atom. The lowest BCUT2D eigenvalue weighted by Crippen LogP contribution is -2.31. The second-order valence-electron chi connectivity index (χ2n) is 6.67. The van der Waals surface area contributed by atoms with E-state index in [0.717, 1.165) is 17.8 Å². The number of carbonyl (C=O) groups is 1. The largest absolute Gasteiger partial charge is 0.472 e. The number of rotatable bonds is 4. The third kappa shape index (κ3) is 3.45. The van der Waals surface area contributed by atoms with Crippen molar-refractivity contribution in [3.05, 3.63) is 71.7 Å². The average molecular weight is 373 g/mol. The van der Waals surface area contributed by atoms with E-state index in [1.807, 2.05) is 37.3 Å². The molecule has 7 heteroatoms. The Morgan fingerprint density at radius 2 is 2.11 bits per heavy atom. The molecule has 0 N–H and O–H groups in total. The fraction of sp³-hybridized carbons (Fsp3) is 0.238. The van der Waals surface area contributed by atoms with Crippen molar-refractivity contribution in [2.75, 3.05) is 13.1 Å². The van der Waals surface area contributed by atoms with Gasteiger partial charge >= 0.3 is 0 Å². The molecule has 2 aromatic heterocycles. The van der Waals surface area contributed by atoms with Crippen LogP contribution < -0.4 is 4.74 Å². The number of carbonyl (C=O) groups excluding carboxylic acids is 1. The second kappa shape index (κ2) is 7.53. The van der Waals surface area contributed by atoms with Gasteiger partial charge in [0.25, 0.3) is 5.91 Å². The van der Waals surface area contributed by atoms with Crippen molar-refractivity contribution in [2.45, 2.75) is 19.4 Å². The minimum atomic E-state index is -0.144. The van der Waals surface area contributed by atoms with E-state index in [9.17, 15) is 4.79 Å². The van der Waals surface area contributed by atoms with Gasteiger partial charge in [0.2, 0.25) is 5.88 Å². The van der Waals surface area contributed by atoms with Crippen LogP contribution in [0.1, 0.15) is 28.0 Å². The molecular weight excluding hydrogens is 354 g/mol. The molecule has 0 saturated carbocycles. The van der Waals surface area contributed by atoms with Crippen LogP contribution in [0, 0.1) is 18.3 Å². The molecule has 0 aliphatic carbocycles. The van der Waals surface area contributed by atoms with Crippen molar-refractivity contribution in [1.82, 2.24) is 19.7 Å². The van der Waals surface area contributed by atoms with E-state index in [1.54, 1.807) is 34.1 Å². The Kier molecular flexibility index (Phi) is 4.77. The van der Waals surface area contributed by atoms with Crippen molar-refractivity contribution in [1.29, 1.82) is 5.26 Å². The fourth-order valence-corrected chi connectivity index (χ4v) is 3.34. The van der Waals surface area contributed by atoms with Crippen LogP contribution in [-0.2, 0) is 0 Å². The van der Waals surface area contributed by atoms with E-state index >= 15 is 0 Å². The smallest absolute Gasteiger partial charge is 0.257 e. The SMILES string of the molecule is Cc1c(C(=O)N2CCC(Oc3cc(C#N)ccn3)C2)cnn1-c1ccccc1. The summed E-state index contributed by atoms with van der Waals surface area (Å²) in [4.78, 5) is 18.9. The van der Waals surface area contributed by atoms with Crippen molar-refractivity contribution < 1.29 is 9.53 Å². The summed E-state index contributed by atoms with van der Waals surface area (Å²) in [6.07, 6.45) is 3.75. The van der Waals surface area contributed by atoms with Crippen LogP contribution in [0.15, 0.2) is 54.9 Å². The Hall–Kier alpha value is -3.66. The number of aromatic nitrogens is 3. The first-order chi connectivity index (χ1) is 13.7. The van der Waals surface area contributed by atoms with Gasteiger partial charge in [0.05, 0.1) is 41.3 Å². The summed E-state index contributed by atoms with van der Waals surface area (Å²) in [7, 11) is 0. The molecule has 1 aliphatic rings. The molecule has 1 atom stereocenters. The van der Waals surface area contributed by atoms with Crippen LogP contribution in [0.5, 0.6) is 5.88 Å². The summed E-state index contributed by atoms with van der Waals surface area (Å²) in [5.41, 5.74) is 2.82. The predicted octanol–water partition coefficient (Wildman–Crippen LogP) is 2.74. The lowest BCUT2D eigenvalue weighted by molar-refractivity contribution is 0.0770. The first-order valence-corrected chi connectivity index (χ1v) is 9.08. The Morgan fingerprint density at radius 3 is 2.89 bits per heavy atom. The van der Waals surface area contributed by atoms with Crippen LogP contribution >= 0.6 is 0 Å². The molecule has 1 aliphatic heterocycles. The lowest BCUT2D eigenvalue weighted by Gasteiger charge is -2.17. The van der Waals surface area contributed by atoms with E-state index in [1.165, 1.54) is 0 Å². The molecule has 3 aromatic rings. The average Bonchev–Trinajstić information content (AvgIpc) is 3.35. The fourth-order valence-electron chi connectivity index (χ4n) is 3.34. The number of benzene rings is 1. The minimum Gasteiger partial charge on any atom is -0.472 e. The maximum atomic E-state index is 13.0. The monoisotopic (exact) mass is 373 g/mol. The Bertz CT molecular complexity index is 1040. The zero-order chi connectivity index (χ0) is 19.5. The zero-order valence-corrected chi connectivity index (χ0v) is 15.4. The van der Waals surface area contributed by atoms with E-state index in [0.29, 0.717) is 30.1 Å². The molecule has 0 spiro atoms. The molecule has 140 valence electrons. The molecule has 1 aromatic carbocycles. The van der Waals surface area contributed by atoms with Crippen LogP contribution in [0.4, 0.5) is 0 Å². The molecule has 1 amide bonds. The first kappa shape index (κ1) is 17.7. The topological polar surface area (TPSA) is 84.0 Å². The van der Waals surface area contributed by atoms with Gasteiger partial charge in [0.1, 0.15) is 6.10 Å². The van der Waals surface area contributed by atoms with Gasteiger partial charge in [-0.2, -0.15) is 10.4 Å². The zero-order valence-electron chi connectivity index (χ0n) is 15.4. The van der Waals surface area contributed by atoms with Gasteiger partial charge in [0, 0.05) is 25.2 Å². The molecule has 28 heavy (non-hydrogen) atoms. The highest BCUT2D eigenvalue weighted by atomic mass is 16.5. The van der Waals surface area contributed by atoms with E-state index in [4.69, 9.17) is 10.00 Å². The molecule has 1 fully saturated rings. The quantitative estimate of drug-likeness (QED) is 0.702. The van der Waals surface area contributed by atoms with Crippen molar-refractivity contribution in [3.63, 3.8) is 0 Å². The van der Waals surface area contributed by atoms with Crippen molar-refractivity contribution in [2.24, 2.45) is 0 Å². The van der Waals surface area contributed by atoms with E-state index in [2.05, 4.69) is 16.2 Å². The Labute approximate surface area is 162 Å². The minimum absolute atomic E-state index is 0.0514. The molecule has 7 nitrogen and oxygen atoms in total. The summed E-state index contributed by atoms with van der Waals surface area (Å²) in [5.74, 6) is 0.357. The highest BCUT2D eigenvalue weighted by Crippen LogP contribution is 2.21. The second-order valence-corrected chi connectivity index (χ2v) is 6.67. The Balaban J connectivity index is 1.45. The molecule has 0 bridgehead atoms. The first-order valence-electron chi connectivity index (χ1n) is 9.08. The lowest BCUT2D eigenvalue weighted by atomic mass is 10.2. The summed E-state index contributed by atoms with van der Waals surface area (Å²) < 4.78 is 7.63. The highest BCUT2D eigenvalue weighted by molar-refractivity contribution is 5.95. The van der Waals surface area contributed by atoms with Crippen LogP contribution in [-0.4, -0.2) is 44.8 Å². The summed E-state index contributed by atoms with van der Waals surface area (Å²) in [6.45, 7) is 2.99. The number of likely N-dealkylation sites (tertiary alicyclic amines) is 1. The van der Waals surface area contributed by atoms with Gasteiger partial charge in [-0.25, -0.2) is 9.67 Å². The van der Waals surface area contributed by atoms with Crippen LogP contribution in [0.25, 0.3) is 5.69 Å². The van der Waals surface area contributed by atoms with Crippen LogP contribution in [0.3, 0.4) is 0 Å². The van der Waals surface area contributed by atoms with E-state index < -0.39 is 0 Å². The number of amides is 1. The third-order valence-electron chi connectivity index (χ3n) is 4.82. The third-order valence-corrected chi connectivity index (χ3v) is 4.82. The number of nitriles is 1. The van der Waals surface area contributed by atoms with Gasteiger partial charge < -0.3 is 9.64 Å². The predicted molar refractivity (Wildman–Crippen MR) is 102 cm³/mol. The number of hydrogen-bond donors (Lipinski definition) is 0. The summed E-state index contributed by atoms with van der Waals surface area (Å²) in [6, 6.07) is 15.0. The standard InChI is InChI=1S/C21H19N5O2/c1-15-19(13-24-26(15)17-5-3-2-4-6-17)21(27)25-10-8-18(14-25)28-20-11-16(12-22)7-9-23-20/h2-7,9,11,13,18H,8,10,14H2,1H3. The molecular formula is C21H19N5O2. The van der Waals surface area contributed by atoms with Gasteiger partial charge in [-0.1, -0.05) is 18.2 Å². The molecule has 4 rings (SSSR count). The number of hydrogen-bond acceptors (Lipinski definition) is 5. The normalized spacial score (nSPS) is 16.0. The van der Waals surface area contributed by atoms with Gasteiger partial charge in [-0.3, -0.25) is 4.79 Å². The van der Waals surface area contributed by atoms with Gasteiger partial charge in [0.15, 0.2) is 0 Å². The highest BCUT2D eigenvalue weighted by Gasteiger charge is 2.30. The molecule has 1 saturated heterocycles. The number of ether oxygens (including phenoxy) is 1. The van der Waals surface area contributed by atoms with E-state index in [-0.39, 0.29) is 12.0 Å². The van der Waals surface area contributed by atoms with Gasteiger partial charge in [-0.05, 0) is 25.1 Å². The van der Waals surface area contributed by atoms with Crippen molar-refractivity contribution >= 4 is 5.91 Å². The number of para-hydroxylation sites is 1. The van der Waals surface area contributed by atoms with Crippen molar-refractivity contribution in [3.8, 4) is 17.6 Å². The molecule has 1 unspecified atom stereocenters. The maximum absolute atomic E-state index is 13.0. The summed E-state index contributed by atoms with van der Waals surface area (Å²) >= 11 is 0. The molecule has 0 radical (unpaired) electrons. The van der Waals surface area contributed by atoms with Gasteiger partial charge in [-0.15, -0.1) is 0 Å². The number of nitrogens with zero attached hydrogens (tertiary/aromatic N) is 5. The molecule has 3 heterocycles. The number of pyridine rings is 1.